The lowest BCUT2D eigenvalue weighted by Crippen LogP contribution is -2.19. The van der Waals surface area contributed by atoms with E-state index in [-0.39, 0.29) is 10.6 Å². The van der Waals surface area contributed by atoms with Crippen molar-refractivity contribution in [1.82, 2.24) is 4.83 Å². The zero-order valence-electron chi connectivity index (χ0n) is 15.1. The van der Waals surface area contributed by atoms with E-state index in [4.69, 9.17) is 14.2 Å². The third kappa shape index (κ3) is 4.45. The molecule has 0 aliphatic heterocycles. The van der Waals surface area contributed by atoms with Crippen LogP contribution in [-0.4, -0.2) is 35.5 Å². The van der Waals surface area contributed by atoms with E-state index in [1.54, 1.807) is 37.3 Å². The molecule has 7 nitrogen and oxygen atoms in total. The van der Waals surface area contributed by atoms with Gasteiger partial charge >= 0.3 is 0 Å². The number of benzene rings is 2. The molecule has 0 atom stereocenters. The van der Waals surface area contributed by atoms with Gasteiger partial charge in [-0.2, -0.15) is 18.4 Å². The molecule has 2 rings (SSSR count). The number of methoxy groups -OCH3 is 2. The van der Waals surface area contributed by atoms with Crippen molar-refractivity contribution in [2.45, 2.75) is 18.7 Å². The molecule has 140 valence electrons. The predicted octanol–water partition coefficient (Wildman–Crippen LogP) is 2.72. The van der Waals surface area contributed by atoms with Crippen LogP contribution in [0.3, 0.4) is 0 Å². The van der Waals surface area contributed by atoms with Gasteiger partial charge in [-0.05, 0) is 43.7 Å². The third-order valence-corrected chi connectivity index (χ3v) is 4.74. The fraction of sp³-hybridized carbons (Fsp3) is 0.278. The van der Waals surface area contributed by atoms with E-state index < -0.39 is 10.0 Å². The molecule has 0 saturated carbocycles. The lowest BCUT2D eigenvalue weighted by atomic mass is 10.2. The van der Waals surface area contributed by atoms with Crippen molar-refractivity contribution in [3.63, 3.8) is 0 Å². The van der Waals surface area contributed by atoms with Crippen molar-refractivity contribution in [2.75, 3.05) is 20.8 Å². The lowest BCUT2D eigenvalue weighted by molar-refractivity contribution is 0.310. The number of ether oxygens (including phenoxy) is 3. The van der Waals surface area contributed by atoms with Gasteiger partial charge < -0.3 is 14.2 Å². The van der Waals surface area contributed by atoms with Crippen LogP contribution in [0.25, 0.3) is 0 Å². The monoisotopic (exact) mass is 378 g/mol. The number of para-hydroxylation sites is 1. The molecular weight excluding hydrogens is 356 g/mol. The van der Waals surface area contributed by atoms with Gasteiger partial charge in [-0.1, -0.05) is 12.1 Å². The predicted molar refractivity (Wildman–Crippen MR) is 99.8 cm³/mol. The smallest absolute Gasteiger partial charge is 0.280 e. The first-order chi connectivity index (χ1) is 12.4. The largest absolute Gasteiger partial charge is 0.495 e. The highest BCUT2D eigenvalue weighted by Gasteiger charge is 2.19. The van der Waals surface area contributed by atoms with Crippen LogP contribution in [0, 0.1) is 6.92 Å². The zero-order chi connectivity index (χ0) is 19.2. The van der Waals surface area contributed by atoms with Gasteiger partial charge in [0.15, 0.2) is 11.5 Å². The third-order valence-electron chi connectivity index (χ3n) is 3.50. The van der Waals surface area contributed by atoms with E-state index in [9.17, 15) is 8.42 Å². The van der Waals surface area contributed by atoms with Gasteiger partial charge in [0.1, 0.15) is 10.6 Å². The van der Waals surface area contributed by atoms with Crippen LogP contribution < -0.4 is 19.0 Å². The van der Waals surface area contributed by atoms with Crippen molar-refractivity contribution >= 4 is 16.2 Å². The number of hydrogen-bond donors (Lipinski definition) is 1. The molecule has 0 unspecified atom stereocenters. The summed E-state index contributed by atoms with van der Waals surface area (Å²) in [5.41, 5.74) is 1.37. The second-order valence-electron chi connectivity index (χ2n) is 5.32. The summed E-state index contributed by atoms with van der Waals surface area (Å²) < 4.78 is 41.0. The number of nitrogens with one attached hydrogen (secondary N) is 1. The van der Waals surface area contributed by atoms with Crippen LogP contribution in [0.15, 0.2) is 46.4 Å². The van der Waals surface area contributed by atoms with Gasteiger partial charge in [-0.25, -0.2) is 0 Å². The Hall–Kier alpha value is -2.74. The molecular formula is C18H22N2O5S. The van der Waals surface area contributed by atoms with Gasteiger partial charge in [-0.15, -0.1) is 0 Å². The highest BCUT2D eigenvalue weighted by molar-refractivity contribution is 7.89. The summed E-state index contributed by atoms with van der Waals surface area (Å²) >= 11 is 0. The minimum atomic E-state index is -3.88. The van der Waals surface area contributed by atoms with Gasteiger partial charge in [0.2, 0.25) is 0 Å². The Morgan fingerprint density at radius 1 is 1.12 bits per heavy atom. The van der Waals surface area contributed by atoms with Crippen molar-refractivity contribution in [1.29, 1.82) is 0 Å². The van der Waals surface area contributed by atoms with Crippen LogP contribution in [0.4, 0.5) is 0 Å². The molecule has 0 amide bonds. The number of hydrazone groups is 1. The van der Waals surface area contributed by atoms with Gasteiger partial charge in [0, 0.05) is 5.56 Å². The number of nitrogens with zero attached hydrogens (tertiary/aromatic N) is 1. The lowest BCUT2D eigenvalue weighted by Gasteiger charge is -2.11. The van der Waals surface area contributed by atoms with E-state index in [1.165, 1.54) is 26.5 Å². The zero-order valence-corrected chi connectivity index (χ0v) is 16.0. The summed E-state index contributed by atoms with van der Waals surface area (Å²) in [5, 5.41) is 3.85. The van der Waals surface area contributed by atoms with E-state index in [2.05, 4.69) is 9.93 Å². The van der Waals surface area contributed by atoms with E-state index >= 15 is 0 Å². The molecule has 1 N–H and O–H groups in total. The maximum absolute atomic E-state index is 12.5. The van der Waals surface area contributed by atoms with Crippen LogP contribution in [0.5, 0.6) is 17.2 Å². The van der Waals surface area contributed by atoms with E-state index in [0.717, 1.165) is 5.56 Å². The van der Waals surface area contributed by atoms with Gasteiger partial charge in [-0.3, -0.25) is 0 Å². The molecule has 0 aliphatic rings. The quantitative estimate of drug-likeness (QED) is 0.564. The minimum Gasteiger partial charge on any atom is -0.495 e. The van der Waals surface area contributed by atoms with Crippen molar-refractivity contribution in [3.05, 3.63) is 47.5 Å². The van der Waals surface area contributed by atoms with Crippen LogP contribution in [0.2, 0.25) is 0 Å². The number of rotatable bonds is 8. The second kappa shape index (κ2) is 8.57. The summed E-state index contributed by atoms with van der Waals surface area (Å²) in [7, 11) is -0.956. The first kappa shape index (κ1) is 19.6. The Balaban J connectivity index is 2.28. The second-order valence-corrected chi connectivity index (χ2v) is 6.95. The molecule has 8 heteroatoms. The van der Waals surface area contributed by atoms with Crippen molar-refractivity contribution in [2.24, 2.45) is 5.10 Å². The summed E-state index contributed by atoms with van der Waals surface area (Å²) in [4.78, 5) is 2.21. The van der Waals surface area contributed by atoms with Crippen LogP contribution in [0.1, 0.15) is 18.1 Å². The molecule has 0 fully saturated rings. The molecule has 26 heavy (non-hydrogen) atoms. The Morgan fingerprint density at radius 2 is 1.88 bits per heavy atom. The molecule has 0 saturated heterocycles. The molecule has 2 aromatic carbocycles. The molecule has 0 aliphatic carbocycles. The number of sulfonamides is 1. The normalized spacial score (nSPS) is 11.4. The topological polar surface area (TPSA) is 86.2 Å². The van der Waals surface area contributed by atoms with Crippen molar-refractivity contribution < 1.29 is 22.6 Å². The maximum atomic E-state index is 12.5. The average molecular weight is 378 g/mol. The van der Waals surface area contributed by atoms with Crippen molar-refractivity contribution in [3.8, 4) is 17.2 Å². The fourth-order valence-electron chi connectivity index (χ4n) is 2.33. The summed E-state index contributed by atoms with van der Waals surface area (Å²) in [5.74, 6) is 1.28. The Kier molecular flexibility index (Phi) is 6.46. The Bertz CT molecular complexity index is 894. The highest BCUT2D eigenvalue weighted by Crippen LogP contribution is 2.30. The molecule has 2 aromatic rings. The SMILES string of the molecule is CCOc1cccc(/C=N/NS(=O)(=O)c2cc(C)ccc2OC)c1OC. The average Bonchev–Trinajstić information content (AvgIpc) is 2.62. The van der Waals surface area contributed by atoms with E-state index in [0.29, 0.717) is 23.7 Å². The standard InChI is InChI=1S/C18H22N2O5S/c1-5-25-16-8-6-7-14(18(16)24-4)12-19-20-26(21,22)17-11-13(2)9-10-15(17)23-3/h6-12,20H,5H2,1-4H3/b19-12+. The molecule has 0 heterocycles. The Morgan fingerprint density at radius 3 is 2.54 bits per heavy atom. The summed E-state index contributed by atoms with van der Waals surface area (Å²) in [6.07, 6.45) is 1.36. The summed E-state index contributed by atoms with van der Waals surface area (Å²) in [6, 6.07) is 10.2. The highest BCUT2D eigenvalue weighted by atomic mass is 32.2. The van der Waals surface area contributed by atoms with E-state index in [1.807, 2.05) is 6.92 Å². The van der Waals surface area contributed by atoms with Crippen LogP contribution in [-0.2, 0) is 10.0 Å². The number of hydrogen-bond acceptors (Lipinski definition) is 6. The molecule has 0 bridgehead atoms. The minimum absolute atomic E-state index is 0.0205. The first-order valence-electron chi connectivity index (χ1n) is 7.92. The fourth-order valence-corrected chi connectivity index (χ4v) is 3.38. The molecule has 0 radical (unpaired) electrons. The van der Waals surface area contributed by atoms with Gasteiger partial charge in [0.05, 0.1) is 27.0 Å². The molecule has 0 spiro atoms. The Labute approximate surface area is 153 Å². The maximum Gasteiger partial charge on any atom is 0.280 e. The molecule has 0 aromatic heterocycles. The van der Waals surface area contributed by atoms with Gasteiger partial charge in [0.25, 0.3) is 10.0 Å². The first-order valence-corrected chi connectivity index (χ1v) is 9.40. The summed E-state index contributed by atoms with van der Waals surface area (Å²) in [6.45, 7) is 4.14. The van der Waals surface area contributed by atoms with Crippen LogP contribution >= 0.6 is 0 Å². The number of aryl methyl sites for hydroxylation is 1.